The maximum Gasteiger partial charge on any atom is 0.251 e. The summed E-state index contributed by atoms with van der Waals surface area (Å²) in [7, 11) is 0. The van der Waals surface area contributed by atoms with Gasteiger partial charge < -0.3 is 0 Å². The second-order valence-corrected chi connectivity index (χ2v) is 3.66. The molecule has 0 amide bonds. The minimum Gasteiger partial charge on any atom is -0.207 e. The van der Waals surface area contributed by atoms with Gasteiger partial charge in [-0.1, -0.05) is 36.4 Å². The van der Waals surface area contributed by atoms with E-state index in [9.17, 15) is 8.78 Å². The normalized spacial score (nSPS) is 20.3. The Bertz CT molecular complexity index is 339. The first-order valence-corrected chi connectivity index (χ1v) is 4.80. The third-order valence-corrected chi connectivity index (χ3v) is 2.55. The topological polar surface area (TPSA) is 0 Å². The molecule has 2 rings (SSSR count). The number of allylic oxidation sites excluding steroid dienone is 2. The summed E-state index contributed by atoms with van der Waals surface area (Å²) in [4.78, 5) is 0. The molecule has 14 heavy (non-hydrogen) atoms. The molecule has 1 aromatic rings. The number of halogens is 2. The van der Waals surface area contributed by atoms with Crippen molar-refractivity contribution < 1.29 is 8.78 Å². The van der Waals surface area contributed by atoms with Gasteiger partial charge in [0.1, 0.15) is 0 Å². The Morgan fingerprint density at radius 1 is 1.07 bits per heavy atom. The first-order chi connectivity index (χ1) is 6.67. The molecule has 1 aliphatic carbocycles. The third-order valence-electron chi connectivity index (χ3n) is 2.55. The first-order valence-electron chi connectivity index (χ1n) is 4.80. The molecule has 0 radical (unpaired) electrons. The number of rotatable bonds is 1. The molecular formula is C12H12F2. The van der Waals surface area contributed by atoms with Crippen molar-refractivity contribution in [3.63, 3.8) is 0 Å². The fourth-order valence-electron chi connectivity index (χ4n) is 1.71. The van der Waals surface area contributed by atoms with Crippen LogP contribution >= 0.6 is 0 Å². The van der Waals surface area contributed by atoms with Crippen molar-refractivity contribution in [2.24, 2.45) is 0 Å². The predicted octanol–water partition coefficient (Wildman–Crippen LogP) is 3.89. The van der Waals surface area contributed by atoms with Gasteiger partial charge in [0, 0.05) is 12.8 Å². The maximum absolute atomic E-state index is 12.8. The lowest BCUT2D eigenvalue weighted by Crippen LogP contribution is -2.18. The standard InChI is InChI=1S/C12H12F2/c13-12(14)8-6-11(7-9-12)10-4-2-1-3-5-10/h1-6H,7-9H2. The second kappa shape index (κ2) is 3.52. The molecule has 0 aromatic heterocycles. The first kappa shape index (κ1) is 9.38. The van der Waals surface area contributed by atoms with Gasteiger partial charge in [0.15, 0.2) is 0 Å². The Balaban J connectivity index is 2.19. The van der Waals surface area contributed by atoms with Crippen LogP contribution in [0, 0.1) is 0 Å². The summed E-state index contributed by atoms with van der Waals surface area (Å²) in [5.74, 6) is -2.49. The summed E-state index contributed by atoms with van der Waals surface area (Å²) in [5.41, 5.74) is 2.12. The van der Waals surface area contributed by atoms with E-state index in [0.717, 1.165) is 11.1 Å². The van der Waals surface area contributed by atoms with Crippen molar-refractivity contribution in [2.75, 3.05) is 0 Å². The van der Waals surface area contributed by atoms with E-state index in [0.29, 0.717) is 6.42 Å². The number of hydrogen-bond donors (Lipinski definition) is 0. The molecule has 74 valence electrons. The molecule has 0 fully saturated rings. The monoisotopic (exact) mass is 194 g/mol. The summed E-state index contributed by atoms with van der Waals surface area (Å²) >= 11 is 0. The smallest absolute Gasteiger partial charge is 0.207 e. The summed E-state index contributed by atoms with van der Waals surface area (Å²) in [6.07, 6.45) is 2.01. The zero-order valence-corrected chi connectivity index (χ0v) is 7.84. The van der Waals surface area contributed by atoms with Crippen LogP contribution in [0.5, 0.6) is 0 Å². The summed E-state index contributed by atoms with van der Waals surface area (Å²) < 4.78 is 25.7. The maximum atomic E-state index is 12.8. The van der Waals surface area contributed by atoms with E-state index >= 15 is 0 Å². The molecule has 0 bridgehead atoms. The lowest BCUT2D eigenvalue weighted by molar-refractivity contribution is -0.00602. The number of alkyl halides is 2. The van der Waals surface area contributed by atoms with Gasteiger partial charge in [0.2, 0.25) is 0 Å². The van der Waals surface area contributed by atoms with E-state index in [1.165, 1.54) is 0 Å². The van der Waals surface area contributed by atoms with E-state index in [-0.39, 0.29) is 12.8 Å². The van der Waals surface area contributed by atoms with E-state index in [2.05, 4.69) is 0 Å². The van der Waals surface area contributed by atoms with E-state index < -0.39 is 5.92 Å². The highest BCUT2D eigenvalue weighted by molar-refractivity contribution is 5.66. The molecule has 0 unspecified atom stereocenters. The van der Waals surface area contributed by atoms with Crippen molar-refractivity contribution in [1.29, 1.82) is 0 Å². The van der Waals surface area contributed by atoms with Crippen LogP contribution < -0.4 is 0 Å². The Morgan fingerprint density at radius 3 is 2.36 bits per heavy atom. The van der Waals surface area contributed by atoms with Crippen LogP contribution in [0.3, 0.4) is 0 Å². The van der Waals surface area contributed by atoms with E-state index in [1.807, 2.05) is 30.3 Å². The van der Waals surface area contributed by atoms with Crippen molar-refractivity contribution in [3.05, 3.63) is 42.0 Å². The van der Waals surface area contributed by atoms with Crippen molar-refractivity contribution in [2.45, 2.75) is 25.2 Å². The second-order valence-electron chi connectivity index (χ2n) is 3.66. The van der Waals surface area contributed by atoms with Gasteiger partial charge in [-0.15, -0.1) is 0 Å². The molecular weight excluding hydrogens is 182 g/mol. The minimum atomic E-state index is -2.49. The van der Waals surface area contributed by atoms with E-state index in [4.69, 9.17) is 0 Å². The molecule has 0 nitrogen and oxygen atoms in total. The average Bonchev–Trinajstić information content (AvgIpc) is 2.19. The Morgan fingerprint density at radius 2 is 1.79 bits per heavy atom. The summed E-state index contributed by atoms with van der Waals surface area (Å²) in [6, 6.07) is 9.73. The van der Waals surface area contributed by atoms with Crippen LogP contribution in [0.1, 0.15) is 24.8 Å². The van der Waals surface area contributed by atoms with Crippen LogP contribution in [-0.4, -0.2) is 5.92 Å². The molecule has 2 heteroatoms. The zero-order chi connectivity index (χ0) is 10.0. The highest BCUT2D eigenvalue weighted by Gasteiger charge is 2.30. The summed E-state index contributed by atoms with van der Waals surface area (Å²) in [5, 5.41) is 0. The third kappa shape index (κ3) is 2.00. The molecule has 1 aliphatic rings. The largest absolute Gasteiger partial charge is 0.251 e. The fraction of sp³-hybridized carbons (Fsp3) is 0.333. The molecule has 0 N–H and O–H groups in total. The highest BCUT2D eigenvalue weighted by atomic mass is 19.3. The molecule has 0 heterocycles. The Hall–Kier alpha value is -1.18. The molecule has 0 aliphatic heterocycles. The molecule has 0 saturated carbocycles. The van der Waals surface area contributed by atoms with Crippen LogP contribution in [0.4, 0.5) is 8.78 Å². The average molecular weight is 194 g/mol. The lowest BCUT2D eigenvalue weighted by atomic mass is 9.92. The number of benzene rings is 1. The zero-order valence-electron chi connectivity index (χ0n) is 7.84. The van der Waals surface area contributed by atoms with Gasteiger partial charge in [-0.05, 0) is 17.6 Å². The Labute approximate surface area is 82.3 Å². The van der Waals surface area contributed by atoms with Gasteiger partial charge in [-0.3, -0.25) is 0 Å². The van der Waals surface area contributed by atoms with Gasteiger partial charge in [0.25, 0.3) is 5.92 Å². The van der Waals surface area contributed by atoms with Gasteiger partial charge in [0.05, 0.1) is 0 Å². The van der Waals surface area contributed by atoms with Gasteiger partial charge >= 0.3 is 0 Å². The lowest BCUT2D eigenvalue weighted by Gasteiger charge is -2.21. The van der Waals surface area contributed by atoms with Crippen LogP contribution in [0.2, 0.25) is 0 Å². The van der Waals surface area contributed by atoms with Crippen molar-refractivity contribution >= 4 is 5.57 Å². The van der Waals surface area contributed by atoms with Crippen LogP contribution in [0.15, 0.2) is 36.4 Å². The number of hydrogen-bond acceptors (Lipinski definition) is 0. The highest BCUT2D eigenvalue weighted by Crippen LogP contribution is 2.35. The van der Waals surface area contributed by atoms with Gasteiger partial charge in [-0.2, -0.15) is 0 Å². The van der Waals surface area contributed by atoms with Crippen LogP contribution in [0.25, 0.3) is 5.57 Å². The van der Waals surface area contributed by atoms with Crippen molar-refractivity contribution in [1.82, 2.24) is 0 Å². The molecule has 0 saturated heterocycles. The quantitative estimate of drug-likeness (QED) is 0.636. The molecule has 0 atom stereocenters. The molecule has 1 aromatic carbocycles. The fourth-order valence-corrected chi connectivity index (χ4v) is 1.71. The van der Waals surface area contributed by atoms with Crippen LogP contribution in [-0.2, 0) is 0 Å². The molecule has 0 spiro atoms. The summed E-state index contributed by atoms with van der Waals surface area (Å²) in [6.45, 7) is 0. The van der Waals surface area contributed by atoms with Gasteiger partial charge in [-0.25, -0.2) is 8.78 Å². The minimum absolute atomic E-state index is 0.0201. The van der Waals surface area contributed by atoms with Crippen molar-refractivity contribution in [3.8, 4) is 0 Å². The predicted molar refractivity (Wildman–Crippen MR) is 53.2 cm³/mol. The Kier molecular flexibility index (Phi) is 2.36. The SMILES string of the molecule is FC1(F)CC=C(c2ccccc2)CC1. The van der Waals surface area contributed by atoms with E-state index in [1.54, 1.807) is 6.08 Å².